The lowest BCUT2D eigenvalue weighted by atomic mass is 10.3. The molecule has 2 rings (SSSR count). The molecule has 112 valence electrons. The molecule has 0 aliphatic heterocycles. The Kier molecular flexibility index (Phi) is 5.30. The van der Waals surface area contributed by atoms with Gasteiger partial charge in [0.1, 0.15) is 16.7 Å². The van der Waals surface area contributed by atoms with Gasteiger partial charge in [-0.2, -0.15) is 4.98 Å². The molecule has 0 fully saturated rings. The van der Waals surface area contributed by atoms with E-state index in [2.05, 4.69) is 36.5 Å². The second-order valence-corrected chi connectivity index (χ2v) is 5.45. The maximum Gasteiger partial charge on any atom is 0.224 e. The Hall–Kier alpha value is -1.47. The lowest BCUT2D eigenvalue weighted by molar-refractivity contribution is 0.597. The molecule has 0 aliphatic rings. The van der Waals surface area contributed by atoms with Gasteiger partial charge in [-0.25, -0.2) is 13.8 Å². The van der Waals surface area contributed by atoms with Crippen LogP contribution in [0, 0.1) is 11.6 Å². The first-order chi connectivity index (χ1) is 10.0. The normalized spacial score (nSPS) is 10.5. The average Bonchev–Trinajstić information content (AvgIpc) is 2.45. The average molecular weight is 378 g/mol. The van der Waals surface area contributed by atoms with Gasteiger partial charge in [-0.15, -0.1) is 0 Å². The van der Waals surface area contributed by atoms with Crippen LogP contribution in [-0.2, 0) is 0 Å². The Labute approximate surface area is 134 Å². The van der Waals surface area contributed by atoms with E-state index in [1.807, 2.05) is 6.92 Å². The fourth-order valence-corrected chi connectivity index (χ4v) is 1.98. The van der Waals surface area contributed by atoms with Gasteiger partial charge in [0.05, 0.1) is 16.4 Å². The van der Waals surface area contributed by atoms with Crippen molar-refractivity contribution in [2.45, 2.75) is 13.3 Å². The van der Waals surface area contributed by atoms with Crippen LogP contribution >= 0.6 is 27.5 Å². The summed E-state index contributed by atoms with van der Waals surface area (Å²) >= 11 is 8.88. The van der Waals surface area contributed by atoms with Crippen molar-refractivity contribution >= 4 is 45.0 Å². The molecule has 1 aromatic heterocycles. The third kappa shape index (κ3) is 4.01. The molecule has 2 N–H and O–H groups in total. The number of aromatic nitrogens is 2. The molecule has 0 spiro atoms. The van der Waals surface area contributed by atoms with Gasteiger partial charge in [0.2, 0.25) is 5.95 Å². The summed E-state index contributed by atoms with van der Waals surface area (Å²) in [7, 11) is 0. The van der Waals surface area contributed by atoms with Crippen LogP contribution < -0.4 is 10.6 Å². The lowest BCUT2D eigenvalue weighted by Crippen LogP contribution is -2.06. The fourth-order valence-electron chi connectivity index (χ4n) is 1.52. The van der Waals surface area contributed by atoms with E-state index >= 15 is 0 Å². The van der Waals surface area contributed by atoms with Crippen LogP contribution in [0.3, 0.4) is 0 Å². The summed E-state index contributed by atoms with van der Waals surface area (Å²) in [6.07, 6.45) is 2.29. The largest absolute Gasteiger partial charge is 0.354 e. The third-order valence-electron chi connectivity index (χ3n) is 2.54. The number of hydrogen-bond acceptors (Lipinski definition) is 4. The van der Waals surface area contributed by atoms with E-state index in [-0.39, 0.29) is 21.0 Å². The summed E-state index contributed by atoms with van der Waals surface area (Å²) in [6, 6.07) is 2.06. The van der Waals surface area contributed by atoms with E-state index in [0.717, 1.165) is 18.6 Å². The summed E-state index contributed by atoms with van der Waals surface area (Å²) < 4.78 is 27.3. The molecule has 0 amide bonds. The number of nitrogens with one attached hydrogen (secondary N) is 2. The first kappa shape index (κ1) is 15.9. The topological polar surface area (TPSA) is 49.8 Å². The van der Waals surface area contributed by atoms with Crippen LogP contribution in [0.5, 0.6) is 0 Å². The number of benzene rings is 1. The number of rotatable bonds is 5. The zero-order valence-corrected chi connectivity index (χ0v) is 13.4. The first-order valence-electron chi connectivity index (χ1n) is 6.19. The minimum Gasteiger partial charge on any atom is -0.354 e. The molecule has 0 radical (unpaired) electrons. The van der Waals surface area contributed by atoms with Gasteiger partial charge in [-0.1, -0.05) is 18.5 Å². The van der Waals surface area contributed by atoms with Crippen molar-refractivity contribution in [3.63, 3.8) is 0 Å². The number of nitrogens with zero attached hydrogens (tertiary/aromatic N) is 2. The van der Waals surface area contributed by atoms with Crippen LogP contribution in [0.15, 0.2) is 22.8 Å². The van der Waals surface area contributed by atoms with Crippen molar-refractivity contribution in [2.24, 2.45) is 0 Å². The predicted octanol–water partition coefficient (Wildman–Crippen LogP) is 4.74. The minimum absolute atomic E-state index is 0.0460. The number of hydrogen-bond donors (Lipinski definition) is 2. The van der Waals surface area contributed by atoms with Crippen molar-refractivity contribution in [1.29, 1.82) is 0 Å². The standard InChI is InChI=1S/C13H12BrClF2N4/c1-2-3-18-13-19-6-8(15)12(21-13)20-11-5-9(16)7(14)4-10(11)17/h4-6H,2-3H2,1H3,(H2,18,19,20,21). The van der Waals surface area contributed by atoms with Crippen molar-refractivity contribution in [2.75, 3.05) is 17.2 Å². The van der Waals surface area contributed by atoms with E-state index in [0.29, 0.717) is 12.5 Å². The molecular weight excluding hydrogens is 366 g/mol. The molecule has 1 aromatic carbocycles. The Morgan fingerprint density at radius 3 is 2.76 bits per heavy atom. The molecule has 0 saturated carbocycles. The zero-order chi connectivity index (χ0) is 15.4. The van der Waals surface area contributed by atoms with Crippen molar-refractivity contribution in [3.05, 3.63) is 39.5 Å². The van der Waals surface area contributed by atoms with Gasteiger partial charge in [0, 0.05) is 12.6 Å². The van der Waals surface area contributed by atoms with Gasteiger partial charge in [-0.05, 0) is 28.4 Å². The van der Waals surface area contributed by atoms with Crippen LogP contribution in [-0.4, -0.2) is 16.5 Å². The maximum atomic E-state index is 13.8. The summed E-state index contributed by atoms with van der Waals surface area (Å²) in [5.41, 5.74) is -0.0576. The molecule has 8 heteroatoms. The van der Waals surface area contributed by atoms with Crippen molar-refractivity contribution < 1.29 is 8.78 Å². The predicted molar refractivity (Wildman–Crippen MR) is 83.2 cm³/mol. The van der Waals surface area contributed by atoms with Gasteiger partial charge in [-0.3, -0.25) is 0 Å². The molecule has 1 heterocycles. The highest BCUT2D eigenvalue weighted by Crippen LogP contribution is 2.28. The molecule has 4 nitrogen and oxygen atoms in total. The summed E-state index contributed by atoms with van der Waals surface area (Å²) in [6.45, 7) is 2.70. The zero-order valence-electron chi connectivity index (χ0n) is 11.1. The highest BCUT2D eigenvalue weighted by molar-refractivity contribution is 9.10. The number of halogens is 4. The smallest absolute Gasteiger partial charge is 0.224 e. The van der Waals surface area contributed by atoms with E-state index in [1.165, 1.54) is 6.20 Å². The second kappa shape index (κ2) is 7.00. The number of anilines is 3. The molecular formula is C13H12BrClF2N4. The Morgan fingerprint density at radius 2 is 2.05 bits per heavy atom. The summed E-state index contributed by atoms with van der Waals surface area (Å²) in [5.74, 6) is -0.651. The van der Waals surface area contributed by atoms with Crippen LogP contribution in [0.2, 0.25) is 5.02 Å². The minimum atomic E-state index is -0.624. The summed E-state index contributed by atoms with van der Waals surface area (Å²) in [4.78, 5) is 8.13. The lowest BCUT2D eigenvalue weighted by Gasteiger charge is -2.11. The second-order valence-electron chi connectivity index (χ2n) is 4.19. The first-order valence-corrected chi connectivity index (χ1v) is 7.36. The Morgan fingerprint density at radius 1 is 1.29 bits per heavy atom. The van der Waals surface area contributed by atoms with Gasteiger partial charge >= 0.3 is 0 Å². The third-order valence-corrected chi connectivity index (χ3v) is 3.42. The van der Waals surface area contributed by atoms with E-state index in [4.69, 9.17) is 11.6 Å². The van der Waals surface area contributed by atoms with E-state index in [9.17, 15) is 8.78 Å². The van der Waals surface area contributed by atoms with E-state index in [1.54, 1.807) is 0 Å². The fraction of sp³-hybridized carbons (Fsp3) is 0.231. The molecule has 21 heavy (non-hydrogen) atoms. The SMILES string of the molecule is CCCNc1ncc(Cl)c(Nc2cc(F)c(Br)cc2F)n1. The molecule has 0 bridgehead atoms. The molecule has 2 aromatic rings. The highest BCUT2D eigenvalue weighted by atomic mass is 79.9. The van der Waals surface area contributed by atoms with Crippen molar-refractivity contribution in [3.8, 4) is 0 Å². The summed E-state index contributed by atoms with van der Waals surface area (Å²) in [5, 5.41) is 5.86. The van der Waals surface area contributed by atoms with E-state index < -0.39 is 11.6 Å². The highest BCUT2D eigenvalue weighted by Gasteiger charge is 2.12. The van der Waals surface area contributed by atoms with Gasteiger partial charge in [0.25, 0.3) is 0 Å². The van der Waals surface area contributed by atoms with Crippen molar-refractivity contribution in [1.82, 2.24) is 9.97 Å². The van der Waals surface area contributed by atoms with Gasteiger partial charge in [0.15, 0.2) is 5.82 Å². The molecule has 0 saturated heterocycles. The quantitative estimate of drug-likeness (QED) is 0.739. The van der Waals surface area contributed by atoms with Crippen LogP contribution in [0.25, 0.3) is 0 Å². The van der Waals surface area contributed by atoms with Gasteiger partial charge < -0.3 is 10.6 Å². The van der Waals surface area contributed by atoms with Crippen LogP contribution in [0.4, 0.5) is 26.2 Å². The molecule has 0 unspecified atom stereocenters. The maximum absolute atomic E-state index is 13.8. The monoisotopic (exact) mass is 376 g/mol. The molecule has 0 atom stereocenters. The Bertz CT molecular complexity index is 654. The molecule has 0 aliphatic carbocycles. The van der Waals surface area contributed by atoms with Crippen LogP contribution in [0.1, 0.15) is 13.3 Å². The Balaban J connectivity index is 2.28.